The number of nitrogens with one attached hydrogen (secondary N) is 3. The van der Waals surface area contributed by atoms with Crippen LogP contribution in [0.3, 0.4) is 0 Å². The first-order chi connectivity index (χ1) is 26.1. The van der Waals surface area contributed by atoms with Crippen molar-refractivity contribution in [1.82, 2.24) is 35.2 Å². The number of amides is 4. The van der Waals surface area contributed by atoms with E-state index in [4.69, 9.17) is 10.5 Å². The molecule has 2 aromatic rings. The Morgan fingerprint density at radius 1 is 1.02 bits per heavy atom. The van der Waals surface area contributed by atoms with Crippen LogP contribution in [0.15, 0.2) is 35.4 Å². The standard InChI is InChI=1S/C37H52N8O9S/c1-36(2,51)30-21-39-43-45(30)26-20-29(34(49)41-37(31(46)32(38)47)15-6-17-54-18-16-37)44(22-26)35(50)28(19-23-7-4-3-5-8-23)40-33(48)24-9-13-27(14-10-24)55(52,53)42-25-11-12-25/h9-10,13-14,21,23,25-26,28-29,42,51H,3-8,11-12,15-20,22H2,1-2H3,(H2,38,47)(H,40,48)(H,41,49)/t26-,28?,29-,37-/m0/s1. The lowest BCUT2D eigenvalue weighted by Gasteiger charge is -2.35. The molecule has 2 aliphatic heterocycles. The van der Waals surface area contributed by atoms with Gasteiger partial charge in [0.2, 0.25) is 27.6 Å². The number of carbonyl (C=O) groups excluding carboxylic acids is 5. The summed E-state index contributed by atoms with van der Waals surface area (Å²) >= 11 is 0. The van der Waals surface area contributed by atoms with Crippen LogP contribution in [0, 0.1) is 5.92 Å². The van der Waals surface area contributed by atoms with E-state index in [1.165, 1.54) is 40.0 Å². The molecule has 17 nitrogen and oxygen atoms in total. The predicted molar refractivity (Wildman–Crippen MR) is 196 cm³/mol. The molecule has 55 heavy (non-hydrogen) atoms. The van der Waals surface area contributed by atoms with Crippen LogP contribution >= 0.6 is 0 Å². The molecule has 4 aliphatic rings. The van der Waals surface area contributed by atoms with Crippen LogP contribution < -0.4 is 21.1 Å². The third-order valence-corrected chi connectivity index (χ3v) is 12.8. The normalized spacial score (nSPS) is 24.5. The Hall–Kier alpha value is -4.26. The lowest BCUT2D eigenvalue weighted by molar-refractivity contribution is -0.145. The number of Topliss-reactive ketones (excluding diaryl/α,β-unsaturated/α-hetero) is 1. The van der Waals surface area contributed by atoms with Crippen LogP contribution in [0.25, 0.3) is 0 Å². The molecule has 2 saturated carbocycles. The molecular weight excluding hydrogens is 733 g/mol. The van der Waals surface area contributed by atoms with Gasteiger partial charge in [-0.1, -0.05) is 37.3 Å². The Labute approximate surface area is 320 Å². The predicted octanol–water partition coefficient (Wildman–Crippen LogP) is 0.967. The van der Waals surface area contributed by atoms with Gasteiger partial charge in [-0.05, 0) is 76.1 Å². The van der Waals surface area contributed by atoms with Gasteiger partial charge in [0.05, 0.1) is 22.8 Å². The highest BCUT2D eigenvalue weighted by Gasteiger charge is 2.49. The monoisotopic (exact) mass is 784 g/mol. The zero-order valence-electron chi connectivity index (χ0n) is 31.4. The SMILES string of the molecule is CC(C)(O)c1cnnn1[C@H]1C[C@@H](C(=O)N[C@@]2(C(=O)C(N)=O)CCCOCC2)N(C(=O)C(CC2CCCCC2)NC(=O)c2ccc(S(=O)(=O)NC3CC3)cc2)C1. The summed E-state index contributed by atoms with van der Waals surface area (Å²) in [6.07, 6.45) is 8.53. The molecule has 6 rings (SSSR count). The molecule has 18 heteroatoms. The van der Waals surface area contributed by atoms with Crippen molar-refractivity contribution in [3.05, 3.63) is 41.7 Å². The zero-order chi connectivity index (χ0) is 39.5. The summed E-state index contributed by atoms with van der Waals surface area (Å²) < 4.78 is 35.1. The summed E-state index contributed by atoms with van der Waals surface area (Å²) in [5.41, 5.74) is 2.97. The Morgan fingerprint density at radius 2 is 1.73 bits per heavy atom. The first kappa shape index (κ1) is 40.4. The fourth-order valence-corrected chi connectivity index (χ4v) is 9.35. The summed E-state index contributed by atoms with van der Waals surface area (Å²) in [6.45, 7) is 3.52. The van der Waals surface area contributed by atoms with E-state index in [1.807, 2.05) is 0 Å². The van der Waals surface area contributed by atoms with Gasteiger partial charge in [0.15, 0.2) is 0 Å². The maximum absolute atomic E-state index is 14.8. The van der Waals surface area contributed by atoms with E-state index < -0.39 is 68.7 Å². The number of aliphatic hydroxyl groups is 1. The number of hydrogen-bond donors (Lipinski definition) is 5. The Kier molecular flexibility index (Phi) is 12.1. The van der Waals surface area contributed by atoms with Crippen molar-refractivity contribution < 1.29 is 42.2 Å². The molecule has 1 aromatic carbocycles. The Balaban J connectivity index is 1.30. The number of nitrogens with two attached hydrogens (primary N) is 1. The van der Waals surface area contributed by atoms with Gasteiger partial charge in [0, 0.05) is 44.2 Å². The zero-order valence-corrected chi connectivity index (χ0v) is 32.2. The van der Waals surface area contributed by atoms with Crippen molar-refractivity contribution in [2.75, 3.05) is 19.8 Å². The van der Waals surface area contributed by atoms with E-state index >= 15 is 0 Å². The minimum Gasteiger partial charge on any atom is -0.384 e. The van der Waals surface area contributed by atoms with Gasteiger partial charge in [-0.3, -0.25) is 24.0 Å². The van der Waals surface area contributed by atoms with Crippen molar-refractivity contribution in [2.45, 2.75) is 131 Å². The number of benzene rings is 1. The van der Waals surface area contributed by atoms with Gasteiger partial charge in [-0.2, -0.15) is 0 Å². The van der Waals surface area contributed by atoms with E-state index in [0.717, 1.165) is 44.9 Å². The first-order valence-corrected chi connectivity index (χ1v) is 20.7. The van der Waals surface area contributed by atoms with E-state index in [0.29, 0.717) is 25.1 Å². The number of rotatable bonds is 14. The van der Waals surface area contributed by atoms with Gasteiger partial charge in [0.1, 0.15) is 23.2 Å². The van der Waals surface area contributed by atoms with Gasteiger partial charge >= 0.3 is 0 Å². The van der Waals surface area contributed by atoms with Gasteiger partial charge < -0.3 is 31.1 Å². The smallest absolute Gasteiger partial charge is 0.287 e. The molecule has 6 N–H and O–H groups in total. The molecule has 300 valence electrons. The van der Waals surface area contributed by atoms with Gasteiger partial charge in [0.25, 0.3) is 11.8 Å². The van der Waals surface area contributed by atoms with Crippen molar-refractivity contribution in [2.24, 2.45) is 11.7 Å². The van der Waals surface area contributed by atoms with Crippen LogP contribution in [-0.2, 0) is 39.5 Å². The van der Waals surface area contributed by atoms with Crippen molar-refractivity contribution in [1.29, 1.82) is 0 Å². The first-order valence-electron chi connectivity index (χ1n) is 19.2. The van der Waals surface area contributed by atoms with Gasteiger partial charge in [-0.25, -0.2) is 17.8 Å². The number of hydrogen-bond acceptors (Lipinski definition) is 11. The molecule has 4 atom stereocenters. The maximum Gasteiger partial charge on any atom is 0.287 e. The van der Waals surface area contributed by atoms with Crippen LogP contribution in [0.2, 0.25) is 0 Å². The van der Waals surface area contributed by atoms with Crippen molar-refractivity contribution in [3.63, 3.8) is 0 Å². The molecule has 1 unspecified atom stereocenters. The number of sulfonamides is 1. The second kappa shape index (κ2) is 16.5. The molecule has 0 radical (unpaired) electrons. The summed E-state index contributed by atoms with van der Waals surface area (Å²) in [7, 11) is -3.75. The third kappa shape index (κ3) is 9.41. The highest BCUT2D eigenvalue weighted by atomic mass is 32.2. The summed E-state index contributed by atoms with van der Waals surface area (Å²) in [5, 5.41) is 24.8. The number of ether oxygens (including phenoxy) is 1. The van der Waals surface area contributed by atoms with E-state index in [2.05, 4.69) is 25.7 Å². The number of likely N-dealkylation sites (tertiary alicyclic amines) is 1. The quantitative estimate of drug-likeness (QED) is 0.169. The highest BCUT2D eigenvalue weighted by Crippen LogP contribution is 2.34. The summed E-state index contributed by atoms with van der Waals surface area (Å²) in [6, 6.07) is 2.54. The molecule has 1 aromatic heterocycles. The lowest BCUT2D eigenvalue weighted by atomic mass is 9.84. The molecule has 4 amide bonds. The van der Waals surface area contributed by atoms with E-state index in [1.54, 1.807) is 13.8 Å². The number of ketones is 1. The molecule has 2 aliphatic carbocycles. The third-order valence-electron chi connectivity index (χ3n) is 11.2. The van der Waals surface area contributed by atoms with Crippen LogP contribution in [0.4, 0.5) is 0 Å². The minimum absolute atomic E-state index is 0.00757. The molecule has 0 bridgehead atoms. The number of nitrogens with zero attached hydrogens (tertiary/aromatic N) is 4. The average molecular weight is 785 g/mol. The Bertz CT molecular complexity index is 1860. The molecule has 4 fully saturated rings. The Morgan fingerprint density at radius 3 is 2.38 bits per heavy atom. The van der Waals surface area contributed by atoms with Crippen LogP contribution in [-0.4, -0.2) is 106 Å². The topological polar surface area (TPSA) is 245 Å². The van der Waals surface area contributed by atoms with E-state index in [-0.39, 0.29) is 54.8 Å². The van der Waals surface area contributed by atoms with Crippen molar-refractivity contribution in [3.8, 4) is 0 Å². The summed E-state index contributed by atoms with van der Waals surface area (Å²) in [4.78, 5) is 70.0. The largest absolute Gasteiger partial charge is 0.384 e. The second-order valence-electron chi connectivity index (χ2n) is 15.9. The maximum atomic E-state index is 14.8. The number of primary amides is 1. The minimum atomic E-state index is -3.75. The molecule has 2 saturated heterocycles. The number of carbonyl (C=O) groups is 5. The molecule has 3 heterocycles. The molecule has 0 spiro atoms. The summed E-state index contributed by atoms with van der Waals surface area (Å²) in [5.74, 6) is -3.83. The molecular formula is C37H52N8O9S. The highest BCUT2D eigenvalue weighted by molar-refractivity contribution is 7.89. The van der Waals surface area contributed by atoms with Crippen LogP contribution in [0.1, 0.15) is 113 Å². The fourth-order valence-electron chi connectivity index (χ4n) is 8.04. The lowest BCUT2D eigenvalue weighted by Crippen LogP contribution is -2.62. The fraction of sp³-hybridized carbons (Fsp3) is 0.649. The number of aromatic nitrogens is 3. The second-order valence-corrected chi connectivity index (χ2v) is 17.6. The van der Waals surface area contributed by atoms with Gasteiger partial charge in [-0.15, -0.1) is 5.10 Å². The van der Waals surface area contributed by atoms with Crippen molar-refractivity contribution >= 4 is 39.4 Å². The van der Waals surface area contributed by atoms with E-state index in [9.17, 15) is 37.5 Å². The average Bonchev–Trinajstić information content (AvgIpc) is 3.68. The van der Waals surface area contributed by atoms with Crippen LogP contribution in [0.5, 0.6) is 0 Å².